The van der Waals surface area contributed by atoms with Gasteiger partial charge in [-0.2, -0.15) is 0 Å². The van der Waals surface area contributed by atoms with Gasteiger partial charge < -0.3 is 5.43 Å². The summed E-state index contributed by atoms with van der Waals surface area (Å²) in [6.07, 6.45) is 0. The molecular formula is C5H5ClN3. The van der Waals surface area contributed by atoms with Crippen molar-refractivity contribution >= 4 is 17.4 Å². The molecule has 1 heterocycles. The normalized spacial score (nSPS) is 9.11. The van der Waals surface area contributed by atoms with Gasteiger partial charge in [0, 0.05) is 0 Å². The molecule has 0 saturated carbocycles. The van der Waals surface area contributed by atoms with Gasteiger partial charge in [-0.25, -0.2) is 10.8 Å². The topological polar surface area (TPSA) is 50.9 Å². The first kappa shape index (κ1) is 6.32. The Morgan fingerprint density at radius 3 is 2.89 bits per heavy atom. The lowest BCUT2D eigenvalue weighted by Crippen LogP contribution is -2.07. The van der Waals surface area contributed by atoms with Gasteiger partial charge in [0.1, 0.15) is 11.0 Å². The van der Waals surface area contributed by atoms with Crippen LogP contribution in [0.1, 0.15) is 0 Å². The fourth-order valence-corrected chi connectivity index (χ4v) is 0.597. The number of nitrogens with zero attached hydrogens (tertiary/aromatic N) is 1. The predicted molar refractivity (Wildman–Crippen MR) is 35.9 cm³/mol. The van der Waals surface area contributed by atoms with Crippen LogP contribution >= 0.6 is 11.6 Å². The Kier molecular flexibility index (Phi) is 1.87. The molecule has 1 rings (SSSR count). The average molecular weight is 143 g/mol. The third-order valence-corrected chi connectivity index (χ3v) is 0.991. The van der Waals surface area contributed by atoms with Crippen molar-refractivity contribution in [1.29, 1.82) is 0 Å². The van der Waals surface area contributed by atoms with Gasteiger partial charge in [0.15, 0.2) is 0 Å². The Morgan fingerprint density at radius 2 is 2.44 bits per heavy atom. The van der Waals surface area contributed by atoms with Crippen LogP contribution < -0.4 is 11.3 Å². The second-order valence-electron chi connectivity index (χ2n) is 1.42. The molecule has 0 amide bonds. The van der Waals surface area contributed by atoms with Crippen LogP contribution in [0, 0.1) is 6.07 Å². The minimum atomic E-state index is 0.380. The Hall–Kier alpha value is -0.800. The van der Waals surface area contributed by atoms with Crippen LogP contribution in [0.15, 0.2) is 12.1 Å². The molecule has 0 aliphatic heterocycles. The van der Waals surface area contributed by atoms with Gasteiger partial charge in [-0.3, -0.25) is 0 Å². The Labute approximate surface area is 57.8 Å². The third-order valence-electron chi connectivity index (χ3n) is 0.798. The number of hydrazine groups is 1. The van der Waals surface area contributed by atoms with E-state index in [1.807, 2.05) is 0 Å². The first-order chi connectivity index (χ1) is 4.33. The summed E-state index contributed by atoms with van der Waals surface area (Å²) in [7, 11) is 0. The number of rotatable bonds is 1. The van der Waals surface area contributed by atoms with Gasteiger partial charge in [-0.05, 0) is 18.2 Å². The van der Waals surface area contributed by atoms with Crippen molar-refractivity contribution in [2.24, 2.45) is 5.84 Å². The van der Waals surface area contributed by atoms with Crippen molar-refractivity contribution in [2.45, 2.75) is 0 Å². The predicted octanol–water partition coefficient (Wildman–Crippen LogP) is 0.821. The second kappa shape index (κ2) is 2.66. The van der Waals surface area contributed by atoms with Gasteiger partial charge in [-0.15, -0.1) is 0 Å². The number of pyridine rings is 1. The second-order valence-corrected chi connectivity index (χ2v) is 1.81. The highest BCUT2D eigenvalue weighted by Crippen LogP contribution is 2.06. The molecule has 1 aromatic rings. The fraction of sp³-hybridized carbons (Fsp3) is 0. The fourth-order valence-electron chi connectivity index (χ4n) is 0.443. The van der Waals surface area contributed by atoms with Crippen LogP contribution in [0.2, 0.25) is 5.15 Å². The van der Waals surface area contributed by atoms with Gasteiger partial charge in [0.2, 0.25) is 0 Å². The van der Waals surface area contributed by atoms with Crippen LogP contribution in [0.3, 0.4) is 0 Å². The lowest BCUT2D eigenvalue weighted by atomic mass is 10.5. The van der Waals surface area contributed by atoms with Gasteiger partial charge in [0.25, 0.3) is 0 Å². The van der Waals surface area contributed by atoms with E-state index in [0.717, 1.165) is 0 Å². The van der Waals surface area contributed by atoms with E-state index in [0.29, 0.717) is 11.0 Å². The van der Waals surface area contributed by atoms with Crippen LogP contribution in [0.25, 0.3) is 0 Å². The first-order valence-corrected chi connectivity index (χ1v) is 2.71. The van der Waals surface area contributed by atoms with E-state index in [-0.39, 0.29) is 0 Å². The summed E-state index contributed by atoms with van der Waals surface area (Å²) < 4.78 is 0. The van der Waals surface area contributed by atoms with E-state index in [1.165, 1.54) is 0 Å². The Morgan fingerprint density at radius 1 is 1.67 bits per heavy atom. The summed E-state index contributed by atoms with van der Waals surface area (Å²) >= 11 is 5.49. The van der Waals surface area contributed by atoms with E-state index in [1.54, 1.807) is 12.1 Å². The number of aromatic nitrogens is 1. The first-order valence-electron chi connectivity index (χ1n) is 2.33. The van der Waals surface area contributed by atoms with Gasteiger partial charge >= 0.3 is 0 Å². The summed E-state index contributed by atoms with van der Waals surface area (Å²) in [5.74, 6) is 5.54. The monoisotopic (exact) mass is 142 g/mol. The van der Waals surface area contributed by atoms with Crippen molar-refractivity contribution in [2.75, 3.05) is 5.43 Å². The largest absolute Gasteiger partial charge is 0.308 e. The maximum Gasteiger partial charge on any atom is 0.142 e. The number of anilines is 1. The number of nitrogen functional groups attached to an aromatic ring is 1. The van der Waals surface area contributed by atoms with Gasteiger partial charge in [-0.1, -0.05) is 11.6 Å². The van der Waals surface area contributed by atoms with E-state index >= 15 is 0 Å². The van der Waals surface area contributed by atoms with Crippen LogP contribution in [-0.2, 0) is 0 Å². The molecule has 9 heavy (non-hydrogen) atoms. The zero-order valence-corrected chi connectivity index (χ0v) is 5.31. The molecule has 0 saturated heterocycles. The van der Waals surface area contributed by atoms with Crippen molar-refractivity contribution in [3.05, 3.63) is 23.4 Å². The SMILES string of the molecule is NNc1c[c]cc(Cl)n1. The number of nitrogens with two attached hydrogens (primary N) is 1. The summed E-state index contributed by atoms with van der Waals surface area (Å²) in [6.45, 7) is 0. The summed E-state index contributed by atoms with van der Waals surface area (Å²) in [5.41, 5.74) is 2.34. The zero-order valence-electron chi connectivity index (χ0n) is 4.56. The summed E-state index contributed by atoms with van der Waals surface area (Å²) in [5, 5.41) is 0.380. The van der Waals surface area contributed by atoms with Crippen molar-refractivity contribution in [3.8, 4) is 0 Å². The third kappa shape index (κ3) is 1.55. The highest BCUT2D eigenvalue weighted by Gasteiger charge is 1.89. The molecular weight excluding hydrogens is 138 g/mol. The molecule has 0 spiro atoms. The van der Waals surface area contributed by atoms with E-state index in [9.17, 15) is 0 Å². The molecule has 0 unspecified atom stereocenters. The van der Waals surface area contributed by atoms with Crippen LogP contribution in [0.4, 0.5) is 5.82 Å². The lowest BCUT2D eigenvalue weighted by Gasteiger charge is -1.95. The molecule has 0 fully saturated rings. The molecule has 4 heteroatoms. The minimum absolute atomic E-state index is 0.380. The molecule has 0 aliphatic carbocycles. The Balaban J connectivity index is 2.94. The Bertz CT molecular complexity index is 201. The highest BCUT2D eigenvalue weighted by molar-refractivity contribution is 6.29. The van der Waals surface area contributed by atoms with Crippen molar-refractivity contribution in [1.82, 2.24) is 4.98 Å². The van der Waals surface area contributed by atoms with Gasteiger partial charge in [0.05, 0.1) is 0 Å². The molecule has 1 radical (unpaired) electrons. The summed E-state index contributed by atoms with van der Waals surface area (Å²) in [6, 6.07) is 5.90. The zero-order chi connectivity index (χ0) is 6.69. The molecule has 3 nitrogen and oxygen atoms in total. The molecule has 0 aromatic carbocycles. The molecule has 47 valence electrons. The maximum atomic E-state index is 5.49. The number of nitrogens with one attached hydrogen (secondary N) is 1. The van der Waals surface area contributed by atoms with Crippen LogP contribution in [0.5, 0.6) is 0 Å². The average Bonchev–Trinajstić information content (AvgIpc) is 1.88. The maximum absolute atomic E-state index is 5.49. The highest BCUT2D eigenvalue weighted by atomic mass is 35.5. The smallest absolute Gasteiger partial charge is 0.142 e. The van der Waals surface area contributed by atoms with E-state index in [2.05, 4.69) is 16.5 Å². The van der Waals surface area contributed by atoms with Crippen LogP contribution in [-0.4, -0.2) is 4.98 Å². The molecule has 0 atom stereocenters. The van der Waals surface area contributed by atoms with E-state index in [4.69, 9.17) is 17.4 Å². The lowest BCUT2D eigenvalue weighted by molar-refractivity contribution is 1.23. The molecule has 1 aromatic heterocycles. The standard InChI is InChI=1S/C5H5ClN3/c6-4-2-1-3-5(8-4)9-7/h2-3H,7H2,(H,8,9). The molecule has 0 aliphatic rings. The molecule has 0 bridgehead atoms. The van der Waals surface area contributed by atoms with Crippen molar-refractivity contribution < 1.29 is 0 Å². The van der Waals surface area contributed by atoms with Crippen molar-refractivity contribution in [3.63, 3.8) is 0 Å². The minimum Gasteiger partial charge on any atom is -0.308 e. The molecule has 3 N–H and O–H groups in total. The number of hydrogen-bond donors (Lipinski definition) is 2. The number of halogens is 1. The quantitative estimate of drug-likeness (QED) is 0.347. The summed E-state index contributed by atoms with van der Waals surface area (Å²) in [4.78, 5) is 3.79. The van der Waals surface area contributed by atoms with E-state index < -0.39 is 0 Å². The number of hydrogen-bond acceptors (Lipinski definition) is 3.